The standard InChI is InChI=1S/C27H26IN3O6S/c1-3-35-20-13-15(9-10-19(20)37-26(33)16-7-5-6-8-18(16)28)23-29-24(32)22-17-11-12-31(27(34)36-4-2)14-21(17)38-25(22)30-23/h5-10,13,23,30H,3-4,11-12,14H2,1-2H3,(H,29,32). The SMILES string of the molecule is CCOC(=O)N1CCc2c(sc3c2C(=O)NC(c2ccc(OC(=O)c4ccccc4I)c(OCC)c2)N3)C1. The minimum atomic E-state index is -0.504. The minimum absolute atomic E-state index is 0.169. The molecule has 2 amide bonds. The molecule has 0 saturated carbocycles. The van der Waals surface area contributed by atoms with Crippen LogP contribution in [0.1, 0.15) is 56.7 Å². The van der Waals surface area contributed by atoms with E-state index in [4.69, 9.17) is 14.2 Å². The molecule has 0 fully saturated rings. The largest absolute Gasteiger partial charge is 0.490 e. The molecule has 0 spiro atoms. The molecule has 0 saturated heterocycles. The lowest BCUT2D eigenvalue weighted by Crippen LogP contribution is -2.39. The molecular weight excluding hydrogens is 621 g/mol. The van der Waals surface area contributed by atoms with Crippen molar-refractivity contribution in [3.63, 3.8) is 0 Å². The molecule has 3 aromatic rings. The second-order valence-electron chi connectivity index (χ2n) is 8.64. The summed E-state index contributed by atoms with van der Waals surface area (Å²) in [4.78, 5) is 40.8. The van der Waals surface area contributed by atoms with E-state index in [2.05, 4.69) is 33.2 Å². The third kappa shape index (κ3) is 5.17. The first-order chi connectivity index (χ1) is 18.4. The summed E-state index contributed by atoms with van der Waals surface area (Å²) in [5, 5.41) is 7.22. The first-order valence-corrected chi connectivity index (χ1v) is 14.2. The maximum absolute atomic E-state index is 13.2. The molecule has 198 valence electrons. The second-order valence-corrected chi connectivity index (χ2v) is 10.9. The Morgan fingerprint density at radius 1 is 1.11 bits per heavy atom. The summed E-state index contributed by atoms with van der Waals surface area (Å²) in [7, 11) is 0. The van der Waals surface area contributed by atoms with Crippen LogP contribution in [0, 0.1) is 3.57 Å². The quantitative estimate of drug-likeness (QED) is 0.212. The van der Waals surface area contributed by atoms with E-state index >= 15 is 0 Å². The van der Waals surface area contributed by atoms with Gasteiger partial charge in [0.1, 0.15) is 11.2 Å². The monoisotopic (exact) mass is 647 g/mol. The number of halogens is 1. The first kappa shape index (κ1) is 26.3. The number of rotatable bonds is 6. The van der Waals surface area contributed by atoms with E-state index in [9.17, 15) is 14.4 Å². The number of thiophene rings is 1. The van der Waals surface area contributed by atoms with Crippen molar-refractivity contribution in [3.8, 4) is 11.5 Å². The Hall–Kier alpha value is -3.32. The number of hydrogen-bond acceptors (Lipinski definition) is 8. The Kier molecular flexibility index (Phi) is 7.75. The predicted octanol–water partition coefficient (Wildman–Crippen LogP) is 5.34. The van der Waals surface area contributed by atoms with E-state index in [-0.39, 0.29) is 12.0 Å². The topological polar surface area (TPSA) is 106 Å². The average molecular weight is 647 g/mol. The molecular formula is C27H26IN3O6S. The lowest BCUT2D eigenvalue weighted by Gasteiger charge is -2.28. The molecule has 0 radical (unpaired) electrons. The zero-order chi connectivity index (χ0) is 26.8. The van der Waals surface area contributed by atoms with Gasteiger partial charge >= 0.3 is 12.1 Å². The van der Waals surface area contributed by atoms with Gasteiger partial charge in [0.05, 0.1) is 30.9 Å². The summed E-state index contributed by atoms with van der Waals surface area (Å²) in [6.07, 6.45) is -0.254. The molecule has 0 aliphatic carbocycles. The van der Waals surface area contributed by atoms with Crippen LogP contribution in [0.25, 0.3) is 0 Å². The van der Waals surface area contributed by atoms with Gasteiger partial charge in [0.2, 0.25) is 0 Å². The zero-order valence-electron chi connectivity index (χ0n) is 20.8. The van der Waals surface area contributed by atoms with Gasteiger partial charge in [-0.3, -0.25) is 4.79 Å². The van der Waals surface area contributed by atoms with Crippen LogP contribution >= 0.6 is 33.9 Å². The Morgan fingerprint density at radius 3 is 2.68 bits per heavy atom. The number of anilines is 1. The summed E-state index contributed by atoms with van der Waals surface area (Å²) in [5.74, 6) is 0.0619. The fourth-order valence-electron chi connectivity index (χ4n) is 4.49. The summed E-state index contributed by atoms with van der Waals surface area (Å²) in [5.41, 5.74) is 2.83. The Morgan fingerprint density at radius 2 is 1.92 bits per heavy atom. The number of esters is 1. The highest BCUT2D eigenvalue weighted by Gasteiger charge is 2.35. The van der Waals surface area contributed by atoms with Gasteiger partial charge < -0.3 is 29.7 Å². The third-order valence-electron chi connectivity index (χ3n) is 6.26. The van der Waals surface area contributed by atoms with Crippen LogP contribution in [0.15, 0.2) is 42.5 Å². The summed E-state index contributed by atoms with van der Waals surface area (Å²) in [6, 6.07) is 12.4. The summed E-state index contributed by atoms with van der Waals surface area (Å²) in [6.45, 7) is 5.25. The molecule has 0 bridgehead atoms. The van der Waals surface area contributed by atoms with Gasteiger partial charge in [-0.1, -0.05) is 18.2 Å². The molecule has 1 unspecified atom stereocenters. The van der Waals surface area contributed by atoms with Gasteiger partial charge in [-0.05, 0) is 78.3 Å². The number of nitrogens with zero attached hydrogens (tertiary/aromatic N) is 1. The van der Waals surface area contributed by atoms with Gasteiger partial charge in [0.15, 0.2) is 11.5 Å². The average Bonchev–Trinajstić information content (AvgIpc) is 3.28. The van der Waals surface area contributed by atoms with Crippen LogP contribution in [-0.2, 0) is 17.7 Å². The van der Waals surface area contributed by atoms with E-state index in [1.54, 1.807) is 42.2 Å². The lowest BCUT2D eigenvalue weighted by atomic mass is 10.0. The maximum atomic E-state index is 13.2. The van der Waals surface area contributed by atoms with E-state index in [0.717, 1.165) is 24.6 Å². The molecule has 5 rings (SSSR count). The molecule has 2 aliphatic heterocycles. The van der Waals surface area contributed by atoms with E-state index in [1.807, 2.05) is 19.1 Å². The minimum Gasteiger partial charge on any atom is -0.490 e. The number of benzene rings is 2. The van der Waals surface area contributed by atoms with Crippen molar-refractivity contribution in [2.45, 2.75) is 33.0 Å². The highest BCUT2D eigenvalue weighted by molar-refractivity contribution is 14.1. The van der Waals surface area contributed by atoms with Crippen molar-refractivity contribution in [1.82, 2.24) is 10.2 Å². The van der Waals surface area contributed by atoms with Crippen LogP contribution in [0.5, 0.6) is 11.5 Å². The molecule has 1 atom stereocenters. The van der Waals surface area contributed by atoms with Gasteiger partial charge in [-0.25, -0.2) is 9.59 Å². The van der Waals surface area contributed by atoms with Crippen molar-refractivity contribution >= 4 is 56.9 Å². The molecule has 1 aromatic heterocycles. The van der Waals surface area contributed by atoms with Crippen LogP contribution in [-0.4, -0.2) is 42.6 Å². The Bertz CT molecular complexity index is 1410. The third-order valence-corrected chi connectivity index (χ3v) is 8.35. The Balaban J connectivity index is 1.37. The molecule has 2 aromatic carbocycles. The van der Waals surface area contributed by atoms with Crippen LogP contribution < -0.4 is 20.1 Å². The van der Waals surface area contributed by atoms with Gasteiger partial charge in [0, 0.05) is 15.0 Å². The number of carbonyl (C=O) groups is 3. The van der Waals surface area contributed by atoms with Crippen LogP contribution in [0.3, 0.4) is 0 Å². The number of ether oxygens (including phenoxy) is 3. The summed E-state index contributed by atoms with van der Waals surface area (Å²) < 4.78 is 17.4. The highest BCUT2D eigenvalue weighted by Crippen LogP contribution is 2.41. The fraction of sp³-hybridized carbons (Fsp3) is 0.296. The summed E-state index contributed by atoms with van der Waals surface area (Å²) >= 11 is 3.58. The van der Waals surface area contributed by atoms with Gasteiger partial charge in [0.25, 0.3) is 5.91 Å². The molecule has 38 heavy (non-hydrogen) atoms. The van der Waals surface area contributed by atoms with Crippen LogP contribution in [0.4, 0.5) is 9.80 Å². The van der Waals surface area contributed by atoms with Crippen molar-refractivity contribution in [2.75, 3.05) is 25.1 Å². The normalized spacial score (nSPS) is 16.0. The Labute approximate surface area is 237 Å². The number of carbonyl (C=O) groups excluding carboxylic acids is 3. The number of fused-ring (bicyclic) bond motifs is 3. The van der Waals surface area contributed by atoms with Crippen molar-refractivity contribution in [1.29, 1.82) is 0 Å². The predicted molar refractivity (Wildman–Crippen MR) is 151 cm³/mol. The highest BCUT2D eigenvalue weighted by atomic mass is 127. The van der Waals surface area contributed by atoms with Gasteiger partial charge in [-0.15, -0.1) is 11.3 Å². The molecule has 11 heteroatoms. The number of amides is 2. The maximum Gasteiger partial charge on any atom is 0.410 e. The van der Waals surface area contributed by atoms with E-state index in [1.165, 1.54) is 11.3 Å². The zero-order valence-corrected chi connectivity index (χ0v) is 23.8. The smallest absolute Gasteiger partial charge is 0.410 e. The van der Waals surface area contributed by atoms with Gasteiger partial charge in [-0.2, -0.15) is 0 Å². The number of nitrogens with one attached hydrogen (secondary N) is 2. The number of hydrogen-bond donors (Lipinski definition) is 2. The molecule has 9 nitrogen and oxygen atoms in total. The van der Waals surface area contributed by atoms with Crippen molar-refractivity contribution < 1.29 is 28.6 Å². The molecule has 2 N–H and O–H groups in total. The second kappa shape index (κ2) is 11.2. The van der Waals surface area contributed by atoms with E-state index in [0.29, 0.717) is 55.4 Å². The molecule has 3 heterocycles. The fourth-order valence-corrected chi connectivity index (χ4v) is 6.39. The lowest BCUT2D eigenvalue weighted by molar-refractivity contribution is 0.0727. The van der Waals surface area contributed by atoms with Crippen molar-refractivity contribution in [3.05, 3.63) is 73.2 Å². The molecule has 2 aliphatic rings. The first-order valence-electron chi connectivity index (χ1n) is 12.3. The van der Waals surface area contributed by atoms with E-state index < -0.39 is 12.1 Å². The van der Waals surface area contributed by atoms with Crippen molar-refractivity contribution in [2.24, 2.45) is 0 Å². The van der Waals surface area contributed by atoms with Crippen LogP contribution in [0.2, 0.25) is 0 Å².